The molecule has 0 aromatic carbocycles. The van der Waals surface area contributed by atoms with Crippen molar-refractivity contribution >= 4 is 11.8 Å². The van der Waals surface area contributed by atoms with Gasteiger partial charge in [-0.3, -0.25) is 15.0 Å². The highest BCUT2D eigenvalue weighted by atomic mass is 16.5. The molecule has 0 unspecified atom stereocenters. The molecule has 0 spiro atoms. The van der Waals surface area contributed by atoms with Gasteiger partial charge in [0.25, 0.3) is 0 Å². The van der Waals surface area contributed by atoms with Crippen molar-refractivity contribution in [2.45, 2.75) is 25.9 Å². The maximum absolute atomic E-state index is 11.8. The quantitative estimate of drug-likeness (QED) is 0.815. The molecule has 7 nitrogen and oxygen atoms in total. The number of carbonyl (C=O) groups excluding carboxylic acids is 1. The third-order valence-electron chi connectivity index (χ3n) is 3.06. The van der Waals surface area contributed by atoms with Crippen LogP contribution in [0, 0.1) is 0 Å². The molecular weight excluding hydrogens is 282 g/mol. The van der Waals surface area contributed by atoms with Gasteiger partial charge in [0.2, 0.25) is 0 Å². The van der Waals surface area contributed by atoms with Crippen molar-refractivity contribution in [2.75, 3.05) is 19.0 Å². The maximum Gasteiger partial charge on any atom is 0.320 e. The fourth-order valence-corrected chi connectivity index (χ4v) is 2.01. The van der Waals surface area contributed by atoms with Gasteiger partial charge in [0.1, 0.15) is 0 Å². The van der Waals surface area contributed by atoms with E-state index < -0.39 is 0 Å². The number of nitrogens with one attached hydrogen (secondary N) is 2. The number of hydrogen-bond acceptors (Lipinski definition) is 4. The molecule has 1 atom stereocenters. The summed E-state index contributed by atoms with van der Waals surface area (Å²) in [7, 11) is 1.60. The molecule has 2 amide bonds. The number of anilines is 1. The summed E-state index contributed by atoms with van der Waals surface area (Å²) in [6.07, 6.45) is 6.25. The highest BCUT2D eigenvalue weighted by Crippen LogP contribution is 2.05. The van der Waals surface area contributed by atoms with Gasteiger partial charge in [-0.15, -0.1) is 0 Å². The molecule has 22 heavy (non-hydrogen) atoms. The van der Waals surface area contributed by atoms with Gasteiger partial charge in [-0.05, 0) is 31.0 Å². The van der Waals surface area contributed by atoms with Crippen LogP contribution in [0.25, 0.3) is 0 Å². The van der Waals surface area contributed by atoms with Crippen LogP contribution < -0.4 is 10.6 Å². The SMILES string of the molecule is COC[C@H](C)NC(=O)Nc1ccn(CCc2ccncc2)n1. The highest BCUT2D eigenvalue weighted by Gasteiger charge is 2.08. The largest absolute Gasteiger partial charge is 0.383 e. The van der Waals surface area contributed by atoms with E-state index in [9.17, 15) is 4.79 Å². The zero-order chi connectivity index (χ0) is 15.8. The lowest BCUT2D eigenvalue weighted by atomic mass is 10.2. The summed E-state index contributed by atoms with van der Waals surface area (Å²) in [6.45, 7) is 3.08. The van der Waals surface area contributed by atoms with E-state index in [-0.39, 0.29) is 12.1 Å². The molecule has 0 aliphatic carbocycles. The number of pyridine rings is 1. The average Bonchev–Trinajstić information content (AvgIpc) is 2.93. The second-order valence-corrected chi connectivity index (χ2v) is 5.02. The van der Waals surface area contributed by atoms with Crippen molar-refractivity contribution < 1.29 is 9.53 Å². The second kappa shape index (κ2) is 8.14. The normalized spacial score (nSPS) is 11.9. The van der Waals surface area contributed by atoms with Gasteiger partial charge in [0.05, 0.1) is 12.6 Å². The summed E-state index contributed by atoms with van der Waals surface area (Å²) in [5.74, 6) is 0.525. The first-order valence-electron chi connectivity index (χ1n) is 7.16. The van der Waals surface area contributed by atoms with Crippen LogP contribution in [0.3, 0.4) is 0 Å². The molecule has 2 aromatic rings. The van der Waals surface area contributed by atoms with Crippen LogP contribution in [-0.4, -0.2) is 40.6 Å². The summed E-state index contributed by atoms with van der Waals surface area (Å²) < 4.78 is 6.77. The molecule has 7 heteroatoms. The lowest BCUT2D eigenvalue weighted by Crippen LogP contribution is -2.38. The number of ether oxygens (including phenoxy) is 1. The number of urea groups is 1. The molecule has 2 N–H and O–H groups in total. The van der Waals surface area contributed by atoms with Crippen molar-refractivity contribution in [2.24, 2.45) is 0 Å². The molecule has 0 bridgehead atoms. The number of amides is 2. The molecule has 2 aromatic heterocycles. The van der Waals surface area contributed by atoms with Crippen LogP contribution in [-0.2, 0) is 17.7 Å². The first-order valence-corrected chi connectivity index (χ1v) is 7.16. The number of aryl methyl sites for hydroxylation is 2. The Hall–Kier alpha value is -2.41. The Labute approximate surface area is 129 Å². The number of hydrogen-bond donors (Lipinski definition) is 2. The van der Waals surface area contributed by atoms with E-state index >= 15 is 0 Å². The molecule has 2 rings (SSSR count). The molecule has 0 aliphatic rings. The van der Waals surface area contributed by atoms with Crippen molar-refractivity contribution in [1.82, 2.24) is 20.1 Å². The Morgan fingerprint density at radius 3 is 2.86 bits per heavy atom. The van der Waals surface area contributed by atoms with Crippen LogP contribution >= 0.6 is 0 Å². The van der Waals surface area contributed by atoms with Crippen LogP contribution in [0.5, 0.6) is 0 Å². The zero-order valence-electron chi connectivity index (χ0n) is 12.8. The predicted octanol–water partition coefficient (Wildman–Crippen LogP) is 1.68. The molecule has 0 saturated carbocycles. The minimum atomic E-state index is -0.288. The van der Waals surface area contributed by atoms with Crippen molar-refractivity contribution in [1.29, 1.82) is 0 Å². The molecular formula is C15H21N5O2. The van der Waals surface area contributed by atoms with E-state index in [1.54, 1.807) is 30.3 Å². The topological polar surface area (TPSA) is 81.1 Å². The summed E-state index contributed by atoms with van der Waals surface area (Å²) in [5.41, 5.74) is 1.20. The van der Waals surface area contributed by atoms with Gasteiger partial charge in [0, 0.05) is 38.3 Å². The van der Waals surface area contributed by atoms with Crippen LogP contribution in [0.4, 0.5) is 10.6 Å². The minimum absolute atomic E-state index is 0.0567. The van der Waals surface area contributed by atoms with E-state index in [1.165, 1.54) is 5.56 Å². The Morgan fingerprint density at radius 2 is 2.14 bits per heavy atom. The molecule has 118 valence electrons. The van der Waals surface area contributed by atoms with Crippen molar-refractivity contribution in [3.63, 3.8) is 0 Å². The summed E-state index contributed by atoms with van der Waals surface area (Å²) >= 11 is 0. The summed E-state index contributed by atoms with van der Waals surface area (Å²) in [5, 5.41) is 9.78. The summed E-state index contributed by atoms with van der Waals surface area (Å²) in [6, 6.07) is 5.39. The number of nitrogens with zero attached hydrogens (tertiary/aromatic N) is 3. The fourth-order valence-electron chi connectivity index (χ4n) is 2.01. The Morgan fingerprint density at radius 1 is 1.36 bits per heavy atom. The zero-order valence-corrected chi connectivity index (χ0v) is 12.8. The number of aromatic nitrogens is 3. The Bertz CT molecular complexity index is 585. The van der Waals surface area contributed by atoms with Gasteiger partial charge < -0.3 is 10.1 Å². The van der Waals surface area contributed by atoms with Crippen LogP contribution in [0.15, 0.2) is 36.8 Å². The Balaban J connectivity index is 1.80. The van der Waals surface area contributed by atoms with E-state index in [1.807, 2.05) is 25.3 Å². The van der Waals surface area contributed by atoms with E-state index in [0.717, 1.165) is 13.0 Å². The molecule has 0 aliphatic heterocycles. The van der Waals surface area contributed by atoms with Gasteiger partial charge in [-0.25, -0.2) is 4.79 Å². The number of methoxy groups -OCH3 is 1. The van der Waals surface area contributed by atoms with Gasteiger partial charge in [-0.2, -0.15) is 5.10 Å². The number of carbonyl (C=O) groups is 1. The second-order valence-electron chi connectivity index (χ2n) is 5.02. The van der Waals surface area contributed by atoms with E-state index in [4.69, 9.17) is 4.74 Å². The molecule has 0 radical (unpaired) electrons. The monoisotopic (exact) mass is 303 g/mol. The third-order valence-corrected chi connectivity index (χ3v) is 3.06. The predicted molar refractivity (Wildman–Crippen MR) is 83.7 cm³/mol. The Kier molecular flexibility index (Phi) is 5.91. The molecule has 0 saturated heterocycles. The van der Waals surface area contributed by atoms with Gasteiger partial charge >= 0.3 is 6.03 Å². The summed E-state index contributed by atoms with van der Waals surface area (Å²) in [4.78, 5) is 15.7. The standard InChI is InChI=1S/C15H21N5O2/c1-12(11-22-2)17-15(21)18-14-6-10-20(19-14)9-5-13-3-7-16-8-4-13/h3-4,6-8,10,12H,5,9,11H2,1-2H3,(H2,17,18,19,21)/t12-/m0/s1. The van der Waals surface area contributed by atoms with E-state index in [2.05, 4.69) is 20.7 Å². The number of rotatable bonds is 7. The minimum Gasteiger partial charge on any atom is -0.383 e. The van der Waals surface area contributed by atoms with Gasteiger partial charge in [0.15, 0.2) is 5.82 Å². The van der Waals surface area contributed by atoms with Crippen molar-refractivity contribution in [3.05, 3.63) is 42.4 Å². The maximum atomic E-state index is 11.8. The first-order chi connectivity index (χ1) is 10.7. The fraction of sp³-hybridized carbons (Fsp3) is 0.400. The highest BCUT2D eigenvalue weighted by molar-refractivity contribution is 5.88. The van der Waals surface area contributed by atoms with Crippen LogP contribution in [0.1, 0.15) is 12.5 Å². The van der Waals surface area contributed by atoms with Crippen LogP contribution in [0.2, 0.25) is 0 Å². The van der Waals surface area contributed by atoms with Crippen molar-refractivity contribution in [3.8, 4) is 0 Å². The molecule has 0 fully saturated rings. The van der Waals surface area contributed by atoms with E-state index in [0.29, 0.717) is 12.4 Å². The lowest BCUT2D eigenvalue weighted by Gasteiger charge is -2.12. The smallest absolute Gasteiger partial charge is 0.320 e. The lowest BCUT2D eigenvalue weighted by molar-refractivity contribution is 0.173. The van der Waals surface area contributed by atoms with Gasteiger partial charge in [-0.1, -0.05) is 0 Å². The third kappa shape index (κ3) is 5.17. The molecule has 2 heterocycles. The first kappa shape index (κ1) is 16.0. The average molecular weight is 303 g/mol.